The van der Waals surface area contributed by atoms with Crippen LogP contribution in [-0.4, -0.2) is 42.8 Å². The number of alkyl carbamates (subject to hydrolysis) is 1. The average Bonchev–Trinajstić information content (AvgIpc) is 3.37. The van der Waals surface area contributed by atoms with Gasteiger partial charge in [0.1, 0.15) is 0 Å². The highest BCUT2D eigenvalue weighted by Crippen LogP contribution is 2.32. The number of pyridine rings is 1. The monoisotopic (exact) mass is 319 g/mol. The standard InChI is InChI=1S/C16H25N5O2/c1-2-23-16(22)21-14(12-6-7-12)11-20-15(17)19-10-8-13-5-3-4-9-18-13/h3-5,9,12,14H,2,6-8,10-11H2,1H3,(H,21,22)(H3,17,19,20). The van der Waals surface area contributed by atoms with Crippen LogP contribution in [0.2, 0.25) is 0 Å². The van der Waals surface area contributed by atoms with E-state index in [2.05, 4.69) is 20.6 Å². The summed E-state index contributed by atoms with van der Waals surface area (Å²) in [5, 5.41) is 5.92. The topological polar surface area (TPSA) is 102 Å². The highest BCUT2D eigenvalue weighted by atomic mass is 16.5. The minimum absolute atomic E-state index is 0.00908. The molecule has 0 aromatic carbocycles. The summed E-state index contributed by atoms with van der Waals surface area (Å²) >= 11 is 0. The predicted octanol–water partition coefficient (Wildman–Crippen LogP) is 1.05. The van der Waals surface area contributed by atoms with Gasteiger partial charge in [0.05, 0.1) is 19.2 Å². The maximum absolute atomic E-state index is 11.5. The highest BCUT2D eigenvalue weighted by molar-refractivity contribution is 5.77. The van der Waals surface area contributed by atoms with Crippen LogP contribution >= 0.6 is 0 Å². The number of aliphatic imine (C=N–C) groups is 1. The van der Waals surface area contributed by atoms with E-state index in [0.29, 0.717) is 31.6 Å². The molecule has 1 aliphatic rings. The van der Waals surface area contributed by atoms with Gasteiger partial charge < -0.3 is 21.1 Å². The largest absolute Gasteiger partial charge is 0.450 e. The van der Waals surface area contributed by atoms with Crippen molar-refractivity contribution in [2.24, 2.45) is 16.6 Å². The molecular formula is C16H25N5O2. The van der Waals surface area contributed by atoms with E-state index in [-0.39, 0.29) is 12.1 Å². The summed E-state index contributed by atoms with van der Waals surface area (Å²) in [7, 11) is 0. The zero-order valence-corrected chi connectivity index (χ0v) is 13.5. The Labute approximate surface area is 136 Å². The minimum Gasteiger partial charge on any atom is -0.450 e. The molecule has 1 saturated carbocycles. The second kappa shape index (κ2) is 8.97. The third-order valence-corrected chi connectivity index (χ3v) is 3.64. The minimum atomic E-state index is -0.388. The molecule has 0 saturated heterocycles. The van der Waals surface area contributed by atoms with Gasteiger partial charge in [-0.05, 0) is 37.8 Å². The van der Waals surface area contributed by atoms with E-state index in [0.717, 1.165) is 25.0 Å². The van der Waals surface area contributed by atoms with E-state index >= 15 is 0 Å². The highest BCUT2D eigenvalue weighted by Gasteiger charge is 2.32. The van der Waals surface area contributed by atoms with Gasteiger partial charge in [0.2, 0.25) is 0 Å². The maximum Gasteiger partial charge on any atom is 0.407 e. The lowest BCUT2D eigenvalue weighted by Gasteiger charge is -2.16. The SMILES string of the molecule is CCOC(=O)NC(CN=C(N)NCCc1ccccn1)C1CC1. The average molecular weight is 319 g/mol. The molecule has 1 unspecified atom stereocenters. The van der Waals surface area contributed by atoms with Crippen molar-refractivity contribution in [3.63, 3.8) is 0 Å². The summed E-state index contributed by atoms with van der Waals surface area (Å²) in [5.74, 6) is 0.863. The first kappa shape index (κ1) is 17.1. The number of ether oxygens (including phenoxy) is 1. The molecule has 1 aliphatic carbocycles. The number of guanidine groups is 1. The fraction of sp³-hybridized carbons (Fsp3) is 0.562. The molecule has 23 heavy (non-hydrogen) atoms. The van der Waals surface area contributed by atoms with E-state index < -0.39 is 0 Å². The Balaban J connectivity index is 1.72. The van der Waals surface area contributed by atoms with Gasteiger partial charge in [-0.15, -0.1) is 0 Å². The number of nitrogens with two attached hydrogens (primary N) is 1. The van der Waals surface area contributed by atoms with Gasteiger partial charge in [0, 0.05) is 24.9 Å². The van der Waals surface area contributed by atoms with Crippen molar-refractivity contribution >= 4 is 12.1 Å². The number of amides is 1. The number of hydrogen-bond acceptors (Lipinski definition) is 4. The number of carbonyl (C=O) groups is 1. The summed E-state index contributed by atoms with van der Waals surface area (Å²) < 4.78 is 4.92. The quantitative estimate of drug-likeness (QED) is 0.491. The van der Waals surface area contributed by atoms with Crippen LogP contribution < -0.4 is 16.4 Å². The van der Waals surface area contributed by atoms with Crippen molar-refractivity contribution in [3.8, 4) is 0 Å². The zero-order chi connectivity index (χ0) is 16.5. The van der Waals surface area contributed by atoms with Crippen LogP contribution in [0.5, 0.6) is 0 Å². The van der Waals surface area contributed by atoms with Gasteiger partial charge >= 0.3 is 6.09 Å². The lowest BCUT2D eigenvalue weighted by molar-refractivity contribution is 0.147. The molecule has 4 N–H and O–H groups in total. The summed E-state index contributed by atoms with van der Waals surface area (Å²) in [5.41, 5.74) is 6.88. The third-order valence-electron chi connectivity index (χ3n) is 3.64. The van der Waals surface area contributed by atoms with Crippen LogP contribution in [0.3, 0.4) is 0 Å². The Morgan fingerprint density at radius 2 is 2.35 bits per heavy atom. The molecule has 1 aromatic heterocycles. The van der Waals surface area contributed by atoms with Gasteiger partial charge in [-0.25, -0.2) is 4.79 Å². The van der Waals surface area contributed by atoms with Gasteiger partial charge in [0.25, 0.3) is 0 Å². The number of nitrogens with one attached hydrogen (secondary N) is 2. The van der Waals surface area contributed by atoms with E-state index in [9.17, 15) is 4.79 Å². The van der Waals surface area contributed by atoms with Crippen molar-refractivity contribution in [1.82, 2.24) is 15.6 Å². The Kier molecular flexibility index (Phi) is 6.65. The predicted molar refractivity (Wildman–Crippen MR) is 89.1 cm³/mol. The van der Waals surface area contributed by atoms with Crippen LogP contribution in [0.1, 0.15) is 25.5 Å². The summed E-state index contributed by atoms with van der Waals surface area (Å²) in [6.07, 6.45) is 4.39. The van der Waals surface area contributed by atoms with Gasteiger partial charge in [-0.1, -0.05) is 6.07 Å². The lowest BCUT2D eigenvalue weighted by atomic mass is 10.2. The molecule has 1 fully saturated rings. The normalized spacial score (nSPS) is 15.8. The summed E-state index contributed by atoms with van der Waals surface area (Å²) in [4.78, 5) is 20.1. The number of aromatic nitrogens is 1. The molecular weight excluding hydrogens is 294 g/mol. The first-order valence-electron chi connectivity index (χ1n) is 8.06. The van der Waals surface area contributed by atoms with Crippen LogP contribution in [0, 0.1) is 5.92 Å². The number of rotatable bonds is 8. The number of carbonyl (C=O) groups excluding carboxylic acids is 1. The van der Waals surface area contributed by atoms with Gasteiger partial charge in [-0.3, -0.25) is 9.98 Å². The Bertz CT molecular complexity index is 516. The second-order valence-electron chi connectivity index (χ2n) is 5.53. The lowest BCUT2D eigenvalue weighted by Crippen LogP contribution is -2.41. The fourth-order valence-corrected chi connectivity index (χ4v) is 2.25. The molecule has 1 amide bonds. The number of nitrogens with zero attached hydrogens (tertiary/aromatic N) is 2. The molecule has 1 heterocycles. The Morgan fingerprint density at radius 1 is 1.52 bits per heavy atom. The van der Waals surface area contributed by atoms with Crippen molar-refractivity contribution < 1.29 is 9.53 Å². The molecule has 0 radical (unpaired) electrons. The number of hydrogen-bond donors (Lipinski definition) is 3. The van der Waals surface area contributed by atoms with E-state index in [4.69, 9.17) is 10.5 Å². The Morgan fingerprint density at radius 3 is 3.00 bits per heavy atom. The van der Waals surface area contributed by atoms with Gasteiger partial charge in [-0.2, -0.15) is 0 Å². The molecule has 0 aliphatic heterocycles. The first-order valence-corrected chi connectivity index (χ1v) is 8.06. The van der Waals surface area contributed by atoms with Crippen molar-refractivity contribution in [2.75, 3.05) is 19.7 Å². The Hall–Kier alpha value is -2.31. The van der Waals surface area contributed by atoms with Crippen molar-refractivity contribution in [1.29, 1.82) is 0 Å². The molecule has 126 valence electrons. The maximum atomic E-state index is 11.5. The van der Waals surface area contributed by atoms with Crippen LogP contribution in [-0.2, 0) is 11.2 Å². The summed E-state index contributed by atoms with van der Waals surface area (Å²) in [6.45, 7) is 3.29. The van der Waals surface area contributed by atoms with Gasteiger partial charge in [0.15, 0.2) is 5.96 Å². The second-order valence-corrected chi connectivity index (χ2v) is 5.53. The van der Waals surface area contributed by atoms with Crippen molar-refractivity contribution in [2.45, 2.75) is 32.2 Å². The van der Waals surface area contributed by atoms with Crippen LogP contribution in [0.15, 0.2) is 29.4 Å². The molecule has 7 heteroatoms. The smallest absolute Gasteiger partial charge is 0.407 e. The molecule has 1 atom stereocenters. The molecule has 1 aromatic rings. The molecule has 7 nitrogen and oxygen atoms in total. The third kappa shape index (κ3) is 6.54. The van der Waals surface area contributed by atoms with E-state index in [1.165, 1.54) is 0 Å². The van der Waals surface area contributed by atoms with E-state index in [1.54, 1.807) is 13.1 Å². The van der Waals surface area contributed by atoms with Crippen LogP contribution in [0.4, 0.5) is 4.79 Å². The summed E-state index contributed by atoms with van der Waals surface area (Å²) in [6, 6.07) is 5.81. The van der Waals surface area contributed by atoms with Crippen LogP contribution in [0.25, 0.3) is 0 Å². The fourth-order valence-electron chi connectivity index (χ4n) is 2.25. The zero-order valence-electron chi connectivity index (χ0n) is 13.5. The molecule has 0 bridgehead atoms. The molecule has 2 rings (SSSR count). The van der Waals surface area contributed by atoms with Crippen molar-refractivity contribution in [3.05, 3.63) is 30.1 Å². The first-order chi connectivity index (χ1) is 11.2. The van der Waals surface area contributed by atoms with E-state index in [1.807, 2.05) is 18.2 Å². The molecule has 0 spiro atoms.